The second kappa shape index (κ2) is 4.61. The number of aromatic amines is 1. The van der Waals surface area contributed by atoms with E-state index in [1.807, 2.05) is 26.1 Å². The maximum atomic E-state index is 12.0. The molecule has 1 aromatic heterocycles. The van der Waals surface area contributed by atoms with Crippen LogP contribution in [0.2, 0.25) is 0 Å². The number of carbonyl (C=O) groups excluding carboxylic acids is 1. The van der Waals surface area contributed by atoms with Crippen molar-refractivity contribution in [3.05, 3.63) is 47.2 Å². The molecule has 0 radical (unpaired) electrons. The number of esters is 1. The van der Waals surface area contributed by atoms with Gasteiger partial charge in [0.1, 0.15) is 0 Å². The summed E-state index contributed by atoms with van der Waals surface area (Å²) < 4.78 is 5.81. The van der Waals surface area contributed by atoms with E-state index in [1.54, 1.807) is 0 Å². The van der Waals surface area contributed by atoms with Gasteiger partial charge in [0.15, 0.2) is 5.60 Å². The van der Waals surface area contributed by atoms with Crippen LogP contribution in [0.25, 0.3) is 10.9 Å². The SMILES string of the molecule is CNC1Cc2c[nH]c3cccc(c23)C12C=C(C)C(=O)O2.Cl. The Morgan fingerprint density at radius 3 is 2.90 bits per heavy atom. The van der Waals surface area contributed by atoms with Crippen LogP contribution in [0.1, 0.15) is 18.1 Å². The van der Waals surface area contributed by atoms with Gasteiger partial charge < -0.3 is 15.0 Å². The Bertz CT molecular complexity index is 765. The highest BCUT2D eigenvalue weighted by Crippen LogP contribution is 2.46. The minimum atomic E-state index is -0.676. The van der Waals surface area contributed by atoms with Gasteiger partial charge in [-0.3, -0.25) is 0 Å². The van der Waals surface area contributed by atoms with E-state index in [0.717, 1.165) is 17.5 Å². The lowest BCUT2D eigenvalue weighted by molar-refractivity contribution is -0.149. The third-order valence-electron chi connectivity index (χ3n) is 4.51. The molecule has 2 N–H and O–H groups in total. The minimum Gasteiger partial charge on any atom is -0.445 e. The van der Waals surface area contributed by atoms with Gasteiger partial charge in [-0.1, -0.05) is 12.1 Å². The second-order valence-corrected chi connectivity index (χ2v) is 5.60. The Labute approximate surface area is 129 Å². The summed E-state index contributed by atoms with van der Waals surface area (Å²) in [5, 5.41) is 4.51. The van der Waals surface area contributed by atoms with E-state index in [-0.39, 0.29) is 24.4 Å². The van der Waals surface area contributed by atoms with E-state index < -0.39 is 5.60 Å². The molecule has 0 amide bonds. The molecule has 2 heterocycles. The Balaban J connectivity index is 0.00000132. The number of likely N-dealkylation sites (N-methyl/N-ethyl adjacent to an activating group) is 1. The number of hydrogen-bond acceptors (Lipinski definition) is 3. The van der Waals surface area contributed by atoms with Crippen LogP contribution in [0.4, 0.5) is 0 Å². The molecule has 21 heavy (non-hydrogen) atoms. The van der Waals surface area contributed by atoms with Crippen molar-refractivity contribution in [3.8, 4) is 0 Å². The van der Waals surface area contributed by atoms with Crippen LogP contribution >= 0.6 is 12.4 Å². The molecule has 2 aromatic rings. The van der Waals surface area contributed by atoms with E-state index in [1.165, 1.54) is 10.9 Å². The van der Waals surface area contributed by atoms with Gasteiger partial charge in [0.2, 0.25) is 0 Å². The molecule has 5 heteroatoms. The highest BCUT2D eigenvalue weighted by atomic mass is 35.5. The van der Waals surface area contributed by atoms with Gasteiger partial charge in [-0.2, -0.15) is 0 Å². The van der Waals surface area contributed by atoms with Crippen LogP contribution < -0.4 is 5.32 Å². The summed E-state index contributed by atoms with van der Waals surface area (Å²) in [6.45, 7) is 1.82. The van der Waals surface area contributed by atoms with E-state index in [0.29, 0.717) is 5.57 Å². The maximum Gasteiger partial charge on any atom is 0.334 e. The van der Waals surface area contributed by atoms with Crippen LogP contribution in [0.3, 0.4) is 0 Å². The van der Waals surface area contributed by atoms with Crippen molar-refractivity contribution in [1.82, 2.24) is 10.3 Å². The number of fused-ring (bicyclic) bond motifs is 1. The third kappa shape index (κ3) is 1.69. The Kier molecular flexibility index (Phi) is 3.11. The lowest BCUT2D eigenvalue weighted by Crippen LogP contribution is -2.50. The number of aromatic nitrogens is 1. The minimum absolute atomic E-state index is 0. The normalized spacial score (nSPS) is 26.7. The fourth-order valence-corrected chi connectivity index (χ4v) is 3.57. The van der Waals surface area contributed by atoms with Gasteiger partial charge in [0.05, 0.1) is 6.04 Å². The summed E-state index contributed by atoms with van der Waals surface area (Å²) in [6.07, 6.45) is 4.87. The Morgan fingerprint density at radius 2 is 2.24 bits per heavy atom. The van der Waals surface area contributed by atoms with E-state index in [9.17, 15) is 4.79 Å². The summed E-state index contributed by atoms with van der Waals surface area (Å²) in [6, 6.07) is 6.18. The molecule has 0 fully saturated rings. The van der Waals surface area contributed by atoms with Crippen LogP contribution in [-0.4, -0.2) is 24.0 Å². The second-order valence-electron chi connectivity index (χ2n) is 5.60. The molecule has 2 atom stereocenters. The van der Waals surface area contributed by atoms with Gasteiger partial charge in [0.25, 0.3) is 0 Å². The quantitative estimate of drug-likeness (QED) is 0.796. The number of ether oxygens (including phenoxy) is 1. The first-order valence-electron chi connectivity index (χ1n) is 6.85. The molecule has 1 aliphatic carbocycles. The molecule has 1 spiro atoms. The molecular weight excluding hydrogens is 288 g/mol. The smallest absolute Gasteiger partial charge is 0.334 e. The van der Waals surface area contributed by atoms with Crippen LogP contribution in [0.5, 0.6) is 0 Å². The molecule has 110 valence electrons. The number of H-pyrrole nitrogens is 1. The van der Waals surface area contributed by atoms with Crippen molar-refractivity contribution in [2.24, 2.45) is 0 Å². The van der Waals surface area contributed by atoms with E-state index in [2.05, 4.69) is 28.6 Å². The first-order valence-corrected chi connectivity index (χ1v) is 6.85. The van der Waals surface area contributed by atoms with Gasteiger partial charge in [-0.05, 0) is 38.1 Å². The summed E-state index contributed by atoms with van der Waals surface area (Å²) in [5.74, 6) is -0.221. The van der Waals surface area contributed by atoms with E-state index >= 15 is 0 Å². The Morgan fingerprint density at radius 1 is 1.43 bits per heavy atom. The molecule has 4 rings (SSSR count). The number of halogens is 1. The number of nitrogens with one attached hydrogen (secondary N) is 2. The average molecular weight is 305 g/mol. The van der Waals surface area contributed by atoms with Gasteiger partial charge >= 0.3 is 5.97 Å². The summed E-state index contributed by atoms with van der Waals surface area (Å²) >= 11 is 0. The molecule has 0 saturated carbocycles. The fraction of sp³-hybridized carbons (Fsp3) is 0.312. The molecule has 2 aliphatic rings. The largest absolute Gasteiger partial charge is 0.445 e. The van der Waals surface area contributed by atoms with Crippen molar-refractivity contribution >= 4 is 29.3 Å². The zero-order valence-electron chi connectivity index (χ0n) is 11.9. The summed E-state index contributed by atoms with van der Waals surface area (Å²) in [5.41, 5.74) is 3.45. The van der Waals surface area contributed by atoms with Crippen molar-refractivity contribution in [1.29, 1.82) is 0 Å². The highest BCUT2D eigenvalue weighted by molar-refractivity contribution is 5.95. The lowest BCUT2D eigenvalue weighted by Gasteiger charge is -2.39. The molecule has 0 bridgehead atoms. The molecule has 4 nitrogen and oxygen atoms in total. The molecule has 0 saturated heterocycles. The fourth-order valence-electron chi connectivity index (χ4n) is 3.57. The molecule has 2 unspecified atom stereocenters. The predicted octanol–water partition coefficient (Wildman–Crippen LogP) is 2.43. The molecule has 1 aromatic carbocycles. The zero-order valence-corrected chi connectivity index (χ0v) is 12.7. The zero-order chi connectivity index (χ0) is 13.9. The average Bonchev–Trinajstić information content (AvgIpc) is 2.98. The topological polar surface area (TPSA) is 54.1 Å². The number of hydrogen-bond donors (Lipinski definition) is 2. The summed E-state index contributed by atoms with van der Waals surface area (Å²) in [4.78, 5) is 15.3. The van der Waals surface area contributed by atoms with Crippen LogP contribution in [0, 0.1) is 0 Å². The van der Waals surface area contributed by atoms with Crippen molar-refractivity contribution < 1.29 is 9.53 Å². The van der Waals surface area contributed by atoms with Gasteiger partial charge in [-0.15, -0.1) is 12.4 Å². The first kappa shape index (κ1) is 14.2. The van der Waals surface area contributed by atoms with Gasteiger partial charge in [0, 0.05) is 28.2 Å². The van der Waals surface area contributed by atoms with E-state index in [4.69, 9.17) is 4.74 Å². The number of benzene rings is 1. The first-order chi connectivity index (χ1) is 9.65. The van der Waals surface area contributed by atoms with Gasteiger partial charge in [-0.25, -0.2) is 4.79 Å². The summed E-state index contributed by atoms with van der Waals surface area (Å²) in [7, 11) is 1.92. The maximum absolute atomic E-state index is 12.0. The lowest BCUT2D eigenvalue weighted by atomic mass is 9.76. The number of carbonyl (C=O) groups is 1. The third-order valence-corrected chi connectivity index (χ3v) is 4.51. The molecule has 1 aliphatic heterocycles. The highest BCUT2D eigenvalue weighted by Gasteiger charge is 2.50. The van der Waals surface area contributed by atoms with Crippen molar-refractivity contribution in [2.45, 2.75) is 25.0 Å². The van der Waals surface area contributed by atoms with Crippen LogP contribution in [0.15, 0.2) is 36.0 Å². The van der Waals surface area contributed by atoms with Crippen LogP contribution in [-0.2, 0) is 21.6 Å². The number of rotatable bonds is 1. The monoisotopic (exact) mass is 304 g/mol. The van der Waals surface area contributed by atoms with Crippen molar-refractivity contribution in [2.75, 3.05) is 7.05 Å². The predicted molar refractivity (Wildman–Crippen MR) is 83.6 cm³/mol. The van der Waals surface area contributed by atoms with Crippen molar-refractivity contribution in [3.63, 3.8) is 0 Å². The standard InChI is InChI=1S/C16H16N2O2.ClH/c1-9-7-16(20-15(9)19)11-4-3-5-12-14(11)10(8-18-12)6-13(16)17-2;/h3-5,7-8,13,17-18H,6H2,1-2H3;1H. The molecular formula is C16H17ClN2O2. The Hall–Kier alpha value is -1.78.